The maximum atomic E-state index is 12.7. The minimum Gasteiger partial charge on any atom is -0.343 e. The number of aromatic nitrogens is 2. The summed E-state index contributed by atoms with van der Waals surface area (Å²) in [6.07, 6.45) is 4.91. The lowest BCUT2D eigenvalue weighted by Gasteiger charge is -2.34. The van der Waals surface area contributed by atoms with Crippen LogP contribution in [0.3, 0.4) is 0 Å². The molecule has 126 valence electrons. The molecular weight excluding hydrogens is 292 g/mol. The van der Waals surface area contributed by atoms with Crippen LogP contribution in [0.25, 0.3) is 0 Å². The largest absolute Gasteiger partial charge is 0.343 e. The molecule has 1 atom stereocenters. The minimum absolute atomic E-state index is 0.105. The van der Waals surface area contributed by atoms with Gasteiger partial charge in [-0.2, -0.15) is 5.10 Å². The number of hydrogen-bond donors (Lipinski definition) is 0. The van der Waals surface area contributed by atoms with E-state index in [0.717, 1.165) is 52.0 Å². The number of piperidine rings is 1. The van der Waals surface area contributed by atoms with Gasteiger partial charge in [0.1, 0.15) is 5.69 Å². The third kappa shape index (κ3) is 3.26. The Balaban J connectivity index is 1.57. The molecule has 2 aliphatic heterocycles. The predicted molar refractivity (Wildman–Crippen MR) is 86.9 cm³/mol. The van der Waals surface area contributed by atoms with E-state index in [1.807, 2.05) is 22.8 Å². The molecule has 2 amide bonds. The van der Waals surface area contributed by atoms with Gasteiger partial charge in [0.2, 0.25) is 5.91 Å². The zero-order valence-corrected chi connectivity index (χ0v) is 14.1. The van der Waals surface area contributed by atoms with Gasteiger partial charge in [-0.05, 0) is 44.1 Å². The van der Waals surface area contributed by atoms with Gasteiger partial charge in [0.15, 0.2) is 0 Å². The highest BCUT2D eigenvalue weighted by Gasteiger charge is 2.34. The van der Waals surface area contributed by atoms with Crippen molar-refractivity contribution in [1.29, 1.82) is 0 Å². The van der Waals surface area contributed by atoms with Crippen molar-refractivity contribution in [1.82, 2.24) is 19.6 Å². The van der Waals surface area contributed by atoms with E-state index in [9.17, 15) is 9.59 Å². The van der Waals surface area contributed by atoms with Gasteiger partial charge >= 0.3 is 0 Å². The van der Waals surface area contributed by atoms with Crippen LogP contribution >= 0.6 is 0 Å². The topological polar surface area (TPSA) is 58.4 Å². The first-order valence-corrected chi connectivity index (χ1v) is 8.66. The van der Waals surface area contributed by atoms with Crippen LogP contribution in [0.15, 0.2) is 12.3 Å². The average molecular weight is 318 g/mol. The minimum atomic E-state index is 0.105. The van der Waals surface area contributed by atoms with E-state index in [1.165, 1.54) is 0 Å². The fourth-order valence-electron chi connectivity index (χ4n) is 3.97. The molecule has 3 heterocycles. The molecule has 3 rings (SSSR count). The van der Waals surface area contributed by atoms with Gasteiger partial charge in [-0.1, -0.05) is 0 Å². The lowest BCUT2D eigenvalue weighted by Crippen LogP contribution is -2.39. The molecular formula is C17H26N4O2. The Bertz CT molecular complexity index is 575. The summed E-state index contributed by atoms with van der Waals surface area (Å²) in [5, 5.41) is 4.19. The fourth-order valence-corrected chi connectivity index (χ4v) is 3.97. The second kappa shape index (κ2) is 6.72. The van der Waals surface area contributed by atoms with Crippen LogP contribution in [0.5, 0.6) is 0 Å². The van der Waals surface area contributed by atoms with Gasteiger partial charge in [-0.15, -0.1) is 0 Å². The molecule has 2 aliphatic rings. The zero-order valence-electron chi connectivity index (χ0n) is 14.1. The molecule has 6 heteroatoms. The first kappa shape index (κ1) is 16.0. The van der Waals surface area contributed by atoms with E-state index in [2.05, 4.69) is 5.10 Å². The summed E-state index contributed by atoms with van der Waals surface area (Å²) >= 11 is 0. The molecule has 1 unspecified atom stereocenters. The van der Waals surface area contributed by atoms with Crippen molar-refractivity contribution in [2.45, 2.75) is 39.7 Å². The van der Waals surface area contributed by atoms with Crippen LogP contribution in [0, 0.1) is 11.8 Å². The molecule has 0 spiro atoms. The Kier molecular flexibility index (Phi) is 4.68. The summed E-state index contributed by atoms with van der Waals surface area (Å²) in [5.41, 5.74) is 0.694. The highest BCUT2D eigenvalue weighted by molar-refractivity contribution is 5.92. The van der Waals surface area contributed by atoms with Crippen LogP contribution < -0.4 is 0 Å². The smallest absolute Gasteiger partial charge is 0.272 e. The molecule has 2 saturated heterocycles. The Hall–Kier alpha value is -1.85. The van der Waals surface area contributed by atoms with Crippen LogP contribution in [0.1, 0.15) is 43.6 Å². The molecule has 0 N–H and O–H groups in total. The first-order chi connectivity index (χ1) is 11.1. The summed E-state index contributed by atoms with van der Waals surface area (Å²) in [5.74, 6) is 1.50. The molecule has 2 fully saturated rings. The lowest BCUT2D eigenvalue weighted by molar-refractivity contribution is -0.130. The Morgan fingerprint density at radius 2 is 1.78 bits per heavy atom. The number of likely N-dealkylation sites (tertiary alicyclic amines) is 2. The van der Waals surface area contributed by atoms with E-state index in [-0.39, 0.29) is 11.8 Å². The van der Waals surface area contributed by atoms with Crippen molar-refractivity contribution in [3.63, 3.8) is 0 Å². The molecule has 1 aromatic rings. The maximum absolute atomic E-state index is 12.7. The molecule has 23 heavy (non-hydrogen) atoms. The molecule has 0 saturated carbocycles. The number of amides is 2. The van der Waals surface area contributed by atoms with Gasteiger partial charge in [0, 0.05) is 45.8 Å². The van der Waals surface area contributed by atoms with Crippen molar-refractivity contribution in [2.24, 2.45) is 11.8 Å². The Morgan fingerprint density at radius 1 is 1.13 bits per heavy atom. The van der Waals surface area contributed by atoms with Crippen molar-refractivity contribution in [3.8, 4) is 0 Å². The average Bonchev–Trinajstić information content (AvgIpc) is 3.23. The predicted octanol–water partition coefficient (Wildman–Crippen LogP) is 1.62. The van der Waals surface area contributed by atoms with Crippen LogP contribution in [0.4, 0.5) is 0 Å². The van der Waals surface area contributed by atoms with E-state index in [4.69, 9.17) is 0 Å². The number of rotatable bonds is 3. The number of nitrogens with zero attached hydrogens (tertiary/aromatic N) is 4. The van der Waals surface area contributed by atoms with Crippen LogP contribution in [0.2, 0.25) is 0 Å². The maximum Gasteiger partial charge on any atom is 0.272 e. The third-order valence-electron chi connectivity index (χ3n) is 5.40. The van der Waals surface area contributed by atoms with E-state index >= 15 is 0 Å². The van der Waals surface area contributed by atoms with Crippen molar-refractivity contribution < 1.29 is 9.59 Å². The number of aryl methyl sites for hydroxylation is 1. The quantitative estimate of drug-likeness (QED) is 0.851. The number of carbonyl (C=O) groups excluding carboxylic acids is 2. The standard InChI is InChI=1S/C17H26N4O2/c1-3-21-16(4-8-18-21)17(23)20-11-7-15(12-20)14-5-9-19(10-6-14)13(2)22/h4,8,14-15H,3,5-7,9-12H2,1-2H3. The SMILES string of the molecule is CCn1nccc1C(=O)N1CCC(C2CCN(C(C)=O)CC2)C1. The van der Waals surface area contributed by atoms with Gasteiger partial charge < -0.3 is 9.80 Å². The summed E-state index contributed by atoms with van der Waals surface area (Å²) < 4.78 is 1.76. The summed E-state index contributed by atoms with van der Waals surface area (Å²) in [6, 6.07) is 1.81. The van der Waals surface area contributed by atoms with Gasteiger partial charge in [0.25, 0.3) is 5.91 Å². The lowest BCUT2D eigenvalue weighted by atomic mass is 9.84. The second-order valence-electron chi connectivity index (χ2n) is 6.68. The Morgan fingerprint density at radius 3 is 2.43 bits per heavy atom. The fraction of sp³-hybridized carbons (Fsp3) is 0.706. The zero-order chi connectivity index (χ0) is 16.4. The molecule has 0 radical (unpaired) electrons. The molecule has 0 bridgehead atoms. The normalized spacial score (nSPS) is 22.6. The molecule has 0 aromatic carbocycles. The van der Waals surface area contributed by atoms with E-state index < -0.39 is 0 Å². The Labute approximate surface area is 137 Å². The summed E-state index contributed by atoms with van der Waals surface area (Å²) in [4.78, 5) is 28.0. The van der Waals surface area contributed by atoms with Gasteiger partial charge in [-0.3, -0.25) is 14.3 Å². The van der Waals surface area contributed by atoms with Crippen molar-refractivity contribution in [2.75, 3.05) is 26.2 Å². The molecule has 0 aliphatic carbocycles. The number of hydrogen-bond acceptors (Lipinski definition) is 3. The van der Waals surface area contributed by atoms with Crippen LogP contribution in [-0.2, 0) is 11.3 Å². The summed E-state index contributed by atoms with van der Waals surface area (Å²) in [6.45, 7) is 7.78. The molecule has 1 aromatic heterocycles. The van der Waals surface area contributed by atoms with Crippen molar-refractivity contribution >= 4 is 11.8 Å². The highest BCUT2D eigenvalue weighted by Crippen LogP contribution is 2.32. The third-order valence-corrected chi connectivity index (χ3v) is 5.40. The van der Waals surface area contributed by atoms with Gasteiger partial charge in [-0.25, -0.2) is 0 Å². The summed E-state index contributed by atoms with van der Waals surface area (Å²) in [7, 11) is 0. The number of carbonyl (C=O) groups is 2. The van der Waals surface area contributed by atoms with Crippen LogP contribution in [-0.4, -0.2) is 57.6 Å². The van der Waals surface area contributed by atoms with Crippen molar-refractivity contribution in [3.05, 3.63) is 18.0 Å². The highest BCUT2D eigenvalue weighted by atomic mass is 16.2. The monoisotopic (exact) mass is 318 g/mol. The molecule has 6 nitrogen and oxygen atoms in total. The first-order valence-electron chi connectivity index (χ1n) is 8.66. The second-order valence-corrected chi connectivity index (χ2v) is 6.68. The van der Waals surface area contributed by atoms with Gasteiger partial charge in [0.05, 0.1) is 0 Å². The van der Waals surface area contributed by atoms with E-state index in [0.29, 0.717) is 17.5 Å². The van der Waals surface area contributed by atoms with E-state index in [1.54, 1.807) is 17.8 Å².